The van der Waals surface area contributed by atoms with E-state index in [9.17, 15) is 10.2 Å². The molecule has 0 aromatic rings. The van der Waals surface area contributed by atoms with Crippen molar-refractivity contribution in [1.29, 1.82) is 0 Å². The van der Waals surface area contributed by atoms with Crippen LogP contribution in [0.4, 0.5) is 0 Å². The maximum absolute atomic E-state index is 9.97. The summed E-state index contributed by atoms with van der Waals surface area (Å²) in [6, 6.07) is 0. The Hall–Kier alpha value is -0.460. The first-order valence-electron chi connectivity index (χ1n) is 9.05. The lowest BCUT2D eigenvalue weighted by atomic mass is 10.1. The highest BCUT2D eigenvalue weighted by Gasteiger charge is 2.40. The van der Waals surface area contributed by atoms with Crippen LogP contribution in [-0.2, 0) is 9.47 Å². The molecule has 4 atom stereocenters. The zero-order chi connectivity index (χ0) is 16.9. The second-order valence-electron chi connectivity index (χ2n) is 6.29. The van der Waals surface area contributed by atoms with Crippen molar-refractivity contribution in [3.05, 3.63) is 12.2 Å². The summed E-state index contributed by atoms with van der Waals surface area (Å²) in [7, 11) is 0. The van der Waals surface area contributed by atoms with Crippen LogP contribution in [0.25, 0.3) is 0 Å². The largest absolute Gasteiger partial charge is 0.394 e. The minimum Gasteiger partial charge on any atom is -0.394 e. The molecule has 1 saturated heterocycles. The fraction of sp³-hybridized carbons (Fsp3) is 0.889. The van der Waals surface area contributed by atoms with Gasteiger partial charge in [0.25, 0.3) is 0 Å². The molecule has 0 aliphatic carbocycles. The summed E-state index contributed by atoms with van der Waals surface area (Å²) in [6.07, 6.45) is 11.2. The Balaban J connectivity index is 2.00. The van der Waals surface area contributed by atoms with Crippen molar-refractivity contribution in [2.75, 3.05) is 19.8 Å². The van der Waals surface area contributed by atoms with Crippen LogP contribution in [0.5, 0.6) is 0 Å². The van der Waals surface area contributed by atoms with Crippen LogP contribution in [-0.4, -0.2) is 59.6 Å². The second-order valence-corrected chi connectivity index (χ2v) is 6.29. The molecule has 136 valence electrons. The minimum absolute atomic E-state index is 0.245. The molecule has 23 heavy (non-hydrogen) atoms. The van der Waals surface area contributed by atoms with Gasteiger partial charge in [0.05, 0.1) is 19.8 Å². The lowest BCUT2D eigenvalue weighted by molar-refractivity contribution is -0.0716. The van der Waals surface area contributed by atoms with Crippen molar-refractivity contribution >= 4 is 0 Å². The van der Waals surface area contributed by atoms with Crippen LogP contribution in [0.15, 0.2) is 12.2 Å². The van der Waals surface area contributed by atoms with E-state index in [1.165, 1.54) is 44.9 Å². The van der Waals surface area contributed by atoms with Gasteiger partial charge in [-0.1, -0.05) is 57.6 Å². The number of hydrogen-bond donors (Lipinski definition) is 3. The first kappa shape index (κ1) is 20.6. The molecule has 1 aliphatic heterocycles. The zero-order valence-electron chi connectivity index (χ0n) is 14.4. The minimum atomic E-state index is -1.06. The van der Waals surface area contributed by atoms with Crippen molar-refractivity contribution in [2.45, 2.75) is 82.7 Å². The van der Waals surface area contributed by atoms with Crippen LogP contribution in [0, 0.1) is 0 Å². The van der Waals surface area contributed by atoms with E-state index in [-0.39, 0.29) is 6.61 Å². The van der Waals surface area contributed by atoms with E-state index in [4.69, 9.17) is 14.6 Å². The number of rotatable bonds is 13. The van der Waals surface area contributed by atoms with Gasteiger partial charge in [-0.05, 0) is 12.8 Å². The summed E-state index contributed by atoms with van der Waals surface area (Å²) in [5.41, 5.74) is 0. The normalized spacial score (nSPS) is 26.2. The van der Waals surface area contributed by atoms with Gasteiger partial charge in [-0.25, -0.2) is 0 Å². The average molecular weight is 330 g/mol. The summed E-state index contributed by atoms with van der Waals surface area (Å²) in [5, 5.41) is 28.4. The molecule has 3 N–H and O–H groups in total. The third kappa shape index (κ3) is 8.27. The Labute approximate surface area is 140 Å². The predicted molar refractivity (Wildman–Crippen MR) is 90.3 cm³/mol. The molecule has 0 unspecified atom stereocenters. The van der Waals surface area contributed by atoms with Crippen LogP contribution >= 0.6 is 0 Å². The van der Waals surface area contributed by atoms with E-state index in [1.807, 2.05) is 6.08 Å². The standard InChI is InChI=1S/C18H34O5/c1-2-3-4-5-6-7-8-9-10-11-12-22-16-14-23-18(17(16)21)15(20)13-19/h10-11,15-21H,2-9,12-14H2,1H3/b11-10+/t15-,16+,17-,18-/m1/s1. The van der Waals surface area contributed by atoms with E-state index in [0.717, 1.165) is 6.42 Å². The topological polar surface area (TPSA) is 79.2 Å². The number of aliphatic hydroxyl groups is 3. The number of allylic oxidation sites excluding steroid dienone is 1. The van der Waals surface area contributed by atoms with Gasteiger partial charge in [0.2, 0.25) is 0 Å². The number of ether oxygens (including phenoxy) is 2. The Morgan fingerprint density at radius 3 is 2.52 bits per heavy atom. The predicted octanol–water partition coefficient (Wildman–Crippen LogP) is 2.18. The molecule has 5 heteroatoms. The highest BCUT2D eigenvalue weighted by atomic mass is 16.6. The van der Waals surface area contributed by atoms with E-state index in [0.29, 0.717) is 6.61 Å². The molecule has 0 saturated carbocycles. The van der Waals surface area contributed by atoms with E-state index < -0.39 is 31.0 Å². The van der Waals surface area contributed by atoms with Gasteiger partial charge in [0.1, 0.15) is 24.4 Å². The Morgan fingerprint density at radius 1 is 1.13 bits per heavy atom. The molecule has 0 radical (unpaired) electrons. The van der Waals surface area contributed by atoms with E-state index in [2.05, 4.69) is 13.0 Å². The molecule has 1 rings (SSSR count). The second kappa shape index (κ2) is 12.9. The maximum Gasteiger partial charge on any atom is 0.114 e. The Bertz CT molecular complexity index is 308. The number of unbranched alkanes of at least 4 members (excludes halogenated alkanes) is 7. The number of hydrogen-bond acceptors (Lipinski definition) is 5. The van der Waals surface area contributed by atoms with Gasteiger partial charge in [-0.2, -0.15) is 0 Å². The smallest absolute Gasteiger partial charge is 0.114 e. The van der Waals surface area contributed by atoms with Crippen molar-refractivity contribution in [2.24, 2.45) is 0 Å². The zero-order valence-corrected chi connectivity index (χ0v) is 14.4. The van der Waals surface area contributed by atoms with Crippen molar-refractivity contribution < 1.29 is 24.8 Å². The van der Waals surface area contributed by atoms with Crippen molar-refractivity contribution in [3.63, 3.8) is 0 Å². The average Bonchev–Trinajstić information content (AvgIpc) is 2.93. The SMILES string of the molecule is CCCCCCCCC/C=C/CO[C@H]1CO[C@H]([C@H](O)CO)[C@@H]1O. The summed E-state index contributed by atoms with van der Waals surface area (Å²) in [6.45, 7) is 2.49. The molecular formula is C18H34O5. The van der Waals surface area contributed by atoms with E-state index in [1.54, 1.807) is 0 Å². The van der Waals surface area contributed by atoms with Gasteiger partial charge >= 0.3 is 0 Å². The Morgan fingerprint density at radius 2 is 1.83 bits per heavy atom. The molecule has 0 spiro atoms. The maximum atomic E-state index is 9.97. The monoisotopic (exact) mass is 330 g/mol. The quantitative estimate of drug-likeness (QED) is 0.356. The van der Waals surface area contributed by atoms with Crippen molar-refractivity contribution in [1.82, 2.24) is 0 Å². The summed E-state index contributed by atoms with van der Waals surface area (Å²) in [4.78, 5) is 0. The Kier molecular flexibility index (Phi) is 11.5. The van der Waals surface area contributed by atoms with Gasteiger partial charge in [0, 0.05) is 0 Å². The molecular weight excluding hydrogens is 296 g/mol. The highest BCUT2D eigenvalue weighted by molar-refractivity contribution is 4.90. The first-order valence-corrected chi connectivity index (χ1v) is 9.05. The van der Waals surface area contributed by atoms with E-state index >= 15 is 0 Å². The number of aliphatic hydroxyl groups excluding tert-OH is 3. The van der Waals surface area contributed by atoms with Crippen LogP contribution in [0.3, 0.4) is 0 Å². The third-order valence-electron chi connectivity index (χ3n) is 4.28. The molecule has 0 bridgehead atoms. The van der Waals surface area contributed by atoms with Gasteiger partial charge in [0.15, 0.2) is 0 Å². The van der Waals surface area contributed by atoms with Gasteiger partial charge in [-0.3, -0.25) is 0 Å². The summed E-state index contributed by atoms with van der Waals surface area (Å²) < 4.78 is 10.8. The van der Waals surface area contributed by atoms with Gasteiger partial charge in [-0.15, -0.1) is 0 Å². The molecule has 5 nitrogen and oxygen atoms in total. The lowest BCUT2D eigenvalue weighted by Crippen LogP contribution is -2.41. The highest BCUT2D eigenvalue weighted by Crippen LogP contribution is 2.20. The third-order valence-corrected chi connectivity index (χ3v) is 4.28. The molecule has 0 aromatic heterocycles. The molecule has 0 aromatic carbocycles. The first-order chi connectivity index (χ1) is 11.2. The molecule has 1 aliphatic rings. The van der Waals surface area contributed by atoms with Crippen LogP contribution in [0.2, 0.25) is 0 Å². The van der Waals surface area contributed by atoms with Crippen LogP contribution in [0.1, 0.15) is 58.3 Å². The summed E-state index contributed by atoms with van der Waals surface area (Å²) in [5.74, 6) is 0. The fourth-order valence-electron chi connectivity index (χ4n) is 2.79. The molecule has 1 heterocycles. The fourth-order valence-corrected chi connectivity index (χ4v) is 2.79. The molecule has 0 amide bonds. The van der Waals surface area contributed by atoms with Crippen LogP contribution < -0.4 is 0 Å². The lowest BCUT2D eigenvalue weighted by Gasteiger charge is -2.20. The van der Waals surface area contributed by atoms with Crippen molar-refractivity contribution in [3.8, 4) is 0 Å². The van der Waals surface area contributed by atoms with Gasteiger partial charge < -0.3 is 24.8 Å². The summed E-state index contributed by atoms with van der Waals surface area (Å²) >= 11 is 0. The molecule has 1 fully saturated rings.